The van der Waals surface area contributed by atoms with Crippen molar-refractivity contribution in [2.24, 2.45) is 11.8 Å². The van der Waals surface area contributed by atoms with E-state index in [9.17, 15) is 4.79 Å². The van der Waals surface area contributed by atoms with Gasteiger partial charge in [-0.15, -0.1) is 0 Å². The van der Waals surface area contributed by atoms with E-state index in [1.807, 2.05) is 63.2 Å². The van der Waals surface area contributed by atoms with Gasteiger partial charge in [-0.3, -0.25) is 4.79 Å². The molecule has 0 aliphatic carbocycles. The van der Waals surface area contributed by atoms with Gasteiger partial charge < -0.3 is 23.4 Å². The zero-order valence-electron chi connectivity index (χ0n) is 21.6. The van der Waals surface area contributed by atoms with Crippen molar-refractivity contribution in [2.75, 3.05) is 11.9 Å². The van der Waals surface area contributed by atoms with Crippen LogP contribution in [0.3, 0.4) is 0 Å². The Morgan fingerprint density at radius 3 is 2.29 bits per heavy atom. The van der Waals surface area contributed by atoms with Crippen LogP contribution in [0.4, 0.5) is 5.69 Å². The van der Waals surface area contributed by atoms with E-state index >= 15 is 0 Å². The number of ether oxygens (including phenoxy) is 1. The van der Waals surface area contributed by atoms with E-state index in [0.717, 1.165) is 47.4 Å². The van der Waals surface area contributed by atoms with Gasteiger partial charge in [-0.05, 0) is 43.5 Å². The summed E-state index contributed by atoms with van der Waals surface area (Å²) in [6.07, 6.45) is 6.22. The molecule has 34 heavy (non-hydrogen) atoms. The molecular weight excluding hydrogens is 610 g/mol. The quantitative estimate of drug-likeness (QED) is 0.151. The summed E-state index contributed by atoms with van der Waals surface area (Å²) in [7, 11) is 0. The number of Topliss-reactive ketones (excluding diaryl/α,β-unsaturated/α-hetero) is 1. The molecule has 2 unspecified atom stereocenters. The van der Waals surface area contributed by atoms with Crippen molar-refractivity contribution in [3.63, 3.8) is 0 Å². The van der Waals surface area contributed by atoms with Gasteiger partial charge in [0.25, 0.3) is 0 Å². The molecule has 0 heterocycles. The van der Waals surface area contributed by atoms with Crippen LogP contribution in [-0.2, 0) is 27.5 Å². The van der Waals surface area contributed by atoms with Crippen LogP contribution in [0.15, 0.2) is 42.5 Å². The maximum absolute atomic E-state index is 13.0. The topological polar surface area (TPSA) is 38.3 Å². The smallest absolute Gasteiger partial charge is 0.493 e. The fourth-order valence-electron chi connectivity index (χ4n) is 3.30. The molecule has 5 heteroatoms. The standard InChI is InChI=1S/C22H27NO2S.C7H14.W/c1-5-15(4)21(24)20-16(6-2)11-10-13-18(20)23-22(26)17-12-8-9-14-19(17)25-7-3;1-4-5-6-7(2)3;/h8-15H,5-7H2,1-4H3,(H,23,26);5,7H,2,4,6H2,1,3H3;/q;-2;+2. The number of hydrogen-bond acceptors (Lipinski definition) is 3. The van der Waals surface area contributed by atoms with Gasteiger partial charge in [0, 0.05) is 11.5 Å². The van der Waals surface area contributed by atoms with Crippen molar-refractivity contribution in [3.05, 3.63) is 72.5 Å². The fraction of sp³-hybridized carbons (Fsp3) is 0.448. The number of anilines is 1. The molecule has 0 fully saturated rings. The molecule has 3 nitrogen and oxygen atoms in total. The van der Waals surface area contributed by atoms with E-state index in [-0.39, 0.29) is 32.8 Å². The number of nitrogens with one attached hydrogen (secondary N) is 1. The first-order valence-electron chi connectivity index (χ1n) is 12.1. The number of carbonyl (C=O) groups is 1. The second-order valence-electron chi connectivity index (χ2n) is 8.29. The van der Waals surface area contributed by atoms with Crippen molar-refractivity contribution in [1.82, 2.24) is 0 Å². The molecule has 2 aromatic rings. The molecule has 0 saturated heterocycles. The van der Waals surface area contributed by atoms with Crippen LogP contribution < -0.4 is 10.1 Å². The summed E-state index contributed by atoms with van der Waals surface area (Å²) >= 11 is 5.62. The summed E-state index contributed by atoms with van der Waals surface area (Å²) in [5.41, 5.74) is 3.39. The predicted octanol–water partition coefficient (Wildman–Crippen LogP) is 8.12. The first-order chi connectivity index (χ1) is 15.8. The zero-order chi connectivity index (χ0) is 24.8. The van der Waals surface area contributed by atoms with Gasteiger partial charge in [-0.25, -0.2) is 6.42 Å². The first kappa shape index (κ1) is 32.5. The van der Waals surface area contributed by atoms with Crippen molar-refractivity contribution >= 4 is 28.7 Å². The van der Waals surface area contributed by atoms with Gasteiger partial charge in [-0.1, -0.05) is 71.1 Å². The van der Waals surface area contributed by atoms with Crippen LogP contribution in [0.25, 0.3) is 0 Å². The Bertz CT molecular complexity index is 882. The van der Waals surface area contributed by atoms with Crippen LogP contribution in [0.5, 0.6) is 5.75 Å². The number of para-hydroxylation sites is 1. The summed E-state index contributed by atoms with van der Waals surface area (Å²) in [4.78, 5) is 13.5. The van der Waals surface area contributed by atoms with Crippen LogP contribution in [0.2, 0.25) is 0 Å². The Labute approximate surface area is 227 Å². The van der Waals surface area contributed by atoms with Crippen LogP contribution in [0, 0.1) is 25.2 Å². The minimum atomic E-state index is -0.0208. The zero-order valence-corrected chi connectivity index (χ0v) is 25.4. The molecule has 2 aromatic carbocycles. The third-order valence-electron chi connectivity index (χ3n) is 5.38. The third kappa shape index (κ3) is 10.4. The normalized spacial score (nSPS) is 11.9. The Hall–Kier alpha value is -1.51. The van der Waals surface area contributed by atoms with Crippen molar-refractivity contribution in [3.8, 4) is 5.75 Å². The van der Waals surface area contributed by atoms with E-state index < -0.39 is 0 Å². The van der Waals surface area contributed by atoms with E-state index in [4.69, 9.17) is 17.0 Å². The number of carbonyl (C=O) groups excluding carboxylic acids is 1. The van der Waals surface area contributed by atoms with Gasteiger partial charge in [0.1, 0.15) is 10.7 Å². The van der Waals surface area contributed by atoms with E-state index in [0.29, 0.717) is 17.5 Å². The SMILES string of the molecule is CCOc1ccccc1C(=S)Nc1cccc(CC)c1C(=O)C(C)CC.[CH2-]C(C)C[CH-]CC.[W+2]. The fourth-order valence-corrected chi connectivity index (χ4v) is 3.58. The molecule has 0 bridgehead atoms. The number of ketones is 1. The second-order valence-corrected chi connectivity index (χ2v) is 8.70. The van der Waals surface area contributed by atoms with Gasteiger partial charge in [-0.2, -0.15) is 12.3 Å². The number of rotatable bonds is 11. The largest absolute Gasteiger partial charge is 2.00 e. The van der Waals surface area contributed by atoms with Crippen molar-refractivity contribution < 1.29 is 30.6 Å². The number of hydrogen-bond donors (Lipinski definition) is 1. The Balaban J connectivity index is 0.00000119. The van der Waals surface area contributed by atoms with Gasteiger partial charge in [0.2, 0.25) is 0 Å². The van der Waals surface area contributed by atoms with E-state index in [2.05, 4.69) is 39.4 Å². The van der Waals surface area contributed by atoms with Crippen molar-refractivity contribution in [2.45, 2.75) is 67.2 Å². The molecule has 0 spiro atoms. The Kier molecular flexibility index (Phi) is 17.1. The van der Waals surface area contributed by atoms with E-state index in [1.165, 1.54) is 6.42 Å². The number of aryl methyl sites for hydroxylation is 1. The number of thiocarbonyl (C=S) groups is 1. The van der Waals surface area contributed by atoms with Gasteiger partial charge >= 0.3 is 21.1 Å². The summed E-state index contributed by atoms with van der Waals surface area (Å²) in [5.74, 6) is 1.48. The van der Waals surface area contributed by atoms with E-state index in [1.54, 1.807) is 0 Å². The molecule has 2 rings (SSSR count). The Morgan fingerprint density at radius 1 is 1.09 bits per heavy atom. The average molecular weight is 652 g/mol. The molecule has 0 radical (unpaired) electrons. The molecule has 2 atom stereocenters. The summed E-state index contributed by atoms with van der Waals surface area (Å²) in [5, 5.41) is 3.29. The Morgan fingerprint density at radius 2 is 1.76 bits per heavy atom. The first-order valence-corrected chi connectivity index (χ1v) is 12.5. The van der Waals surface area contributed by atoms with Crippen LogP contribution in [0.1, 0.15) is 82.3 Å². The maximum Gasteiger partial charge on any atom is 2.00 e. The molecule has 0 amide bonds. The molecular formula is C29H41NO2SW. The summed E-state index contributed by atoms with van der Waals surface area (Å²) in [6.45, 7) is 16.7. The predicted molar refractivity (Wildman–Crippen MR) is 146 cm³/mol. The van der Waals surface area contributed by atoms with Gasteiger partial charge in [0.15, 0.2) is 5.78 Å². The number of unbranched alkanes of at least 4 members (excludes halogenated alkanes) is 1. The molecule has 1 N–H and O–H groups in total. The second kappa shape index (κ2) is 17.9. The molecule has 0 aromatic heterocycles. The minimum Gasteiger partial charge on any atom is -0.493 e. The molecule has 186 valence electrons. The molecule has 0 aliphatic rings. The monoisotopic (exact) mass is 651 g/mol. The third-order valence-corrected chi connectivity index (χ3v) is 5.70. The van der Waals surface area contributed by atoms with Gasteiger partial charge in [0.05, 0.1) is 17.9 Å². The number of benzene rings is 2. The molecule has 0 aliphatic heterocycles. The summed E-state index contributed by atoms with van der Waals surface area (Å²) in [6, 6.07) is 13.6. The van der Waals surface area contributed by atoms with Crippen molar-refractivity contribution in [1.29, 1.82) is 0 Å². The minimum absolute atomic E-state index is 0. The van der Waals surface area contributed by atoms with Crippen LogP contribution in [-0.4, -0.2) is 17.4 Å². The molecule has 0 saturated carbocycles. The maximum atomic E-state index is 13.0. The summed E-state index contributed by atoms with van der Waals surface area (Å²) < 4.78 is 5.68. The average Bonchev–Trinajstić information content (AvgIpc) is 2.82. The van der Waals surface area contributed by atoms with Crippen LogP contribution >= 0.6 is 12.2 Å².